The molecule has 0 aromatic heterocycles. The number of likely N-dealkylation sites (N-methyl/N-ethyl adjacent to an activating group) is 1. The van der Waals surface area contributed by atoms with Crippen molar-refractivity contribution in [3.8, 4) is 0 Å². The number of carboxylic acids is 1. The van der Waals surface area contributed by atoms with Crippen LogP contribution in [-0.2, 0) is 33.3 Å². The van der Waals surface area contributed by atoms with Crippen LogP contribution in [0.5, 0.6) is 0 Å². The number of esters is 2. The van der Waals surface area contributed by atoms with Crippen LogP contribution in [0.3, 0.4) is 0 Å². The second kappa shape index (κ2) is 48.2. The highest BCUT2D eigenvalue weighted by molar-refractivity contribution is 5.70. The third kappa shape index (κ3) is 48.7. The number of nitrogens with zero attached hydrogens (tertiary/aromatic N) is 1. The monoisotopic (exact) mass is 926 g/mol. The fraction of sp³-hybridized carbons (Fsp3) is 0.737. The zero-order valence-electron chi connectivity index (χ0n) is 43.0. The molecule has 0 radical (unpaired) electrons. The highest BCUT2D eigenvalue weighted by Crippen LogP contribution is 2.15. The molecule has 380 valence electrons. The lowest BCUT2D eigenvalue weighted by atomic mass is 10.0. The molecule has 0 aromatic carbocycles. The minimum absolute atomic E-state index is 0.143. The number of hydrogen-bond donors (Lipinski definition) is 0. The van der Waals surface area contributed by atoms with Gasteiger partial charge in [-0.1, -0.05) is 189 Å². The van der Waals surface area contributed by atoms with Gasteiger partial charge in [0.2, 0.25) is 0 Å². The summed E-state index contributed by atoms with van der Waals surface area (Å²) in [5, 5.41) is 11.7. The van der Waals surface area contributed by atoms with Crippen molar-refractivity contribution in [1.29, 1.82) is 0 Å². The predicted molar refractivity (Wildman–Crippen MR) is 274 cm³/mol. The van der Waals surface area contributed by atoms with E-state index in [9.17, 15) is 19.5 Å². The Morgan fingerprint density at radius 1 is 0.470 bits per heavy atom. The summed E-state index contributed by atoms with van der Waals surface area (Å²) in [6.45, 7) is 4.61. The Morgan fingerprint density at radius 3 is 1.30 bits per heavy atom. The van der Waals surface area contributed by atoms with E-state index in [2.05, 4.69) is 86.8 Å². The number of carbonyl (C=O) groups excluding carboxylic acids is 3. The molecule has 0 saturated heterocycles. The zero-order valence-corrected chi connectivity index (χ0v) is 43.0. The predicted octanol–water partition coefficient (Wildman–Crippen LogP) is 13.7. The zero-order chi connectivity index (χ0) is 48.4. The van der Waals surface area contributed by atoms with E-state index in [4.69, 9.17) is 18.9 Å². The maximum Gasteiger partial charge on any atom is 0.306 e. The van der Waals surface area contributed by atoms with Gasteiger partial charge < -0.3 is 33.3 Å². The molecule has 0 N–H and O–H groups in total. The maximum absolute atomic E-state index is 12.8. The Morgan fingerprint density at radius 2 is 0.864 bits per heavy atom. The van der Waals surface area contributed by atoms with Gasteiger partial charge in [0, 0.05) is 12.8 Å². The number of quaternary nitrogens is 1. The number of carboxylic acid groups (broad SMARTS) is 1. The van der Waals surface area contributed by atoms with Crippen molar-refractivity contribution in [3.63, 3.8) is 0 Å². The van der Waals surface area contributed by atoms with E-state index >= 15 is 0 Å². The molecule has 0 heterocycles. The van der Waals surface area contributed by atoms with Gasteiger partial charge in [-0.2, -0.15) is 0 Å². The highest BCUT2D eigenvalue weighted by atomic mass is 16.7. The van der Waals surface area contributed by atoms with Gasteiger partial charge in [0.1, 0.15) is 13.2 Å². The lowest BCUT2D eigenvalue weighted by Crippen LogP contribution is -2.44. The Labute approximate surface area is 405 Å². The van der Waals surface area contributed by atoms with Gasteiger partial charge in [-0.3, -0.25) is 9.59 Å². The molecular weight excluding hydrogens is 827 g/mol. The lowest BCUT2D eigenvalue weighted by Gasteiger charge is -2.26. The molecule has 0 aliphatic heterocycles. The van der Waals surface area contributed by atoms with Gasteiger partial charge in [0.25, 0.3) is 0 Å². The van der Waals surface area contributed by atoms with E-state index in [0.717, 1.165) is 96.3 Å². The molecule has 2 unspecified atom stereocenters. The van der Waals surface area contributed by atoms with E-state index in [-0.39, 0.29) is 38.6 Å². The summed E-state index contributed by atoms with van der Waals surface area (Å²) in [4.78, 5) is 37.1. The molecule has 9 heteroatoms. The van der Waals surface area contributed by atoms with Gasteiger partial charge in [-0.25, -0.2) is 0 Å². The molecule has 0 spiro atoms. The minimum Gasteiger partial charge on any atom is -0.545 e. The van der Waals surface area contributed by atoms with Crippen molar-refractivity contribution < 1.29 is 42.9 Å². The van der Waals surface area contributed by atoms with Crippen LogP contribution >= 0.6 is 0 Å². The van der Waals surface area contributed by atoms with Gasteiger partial charge in [-0.15, -0.1) is 0 Å². The summed E-state index contributed by atoms with van der Waals surface area (Å²) in [6.07, 6.45) is 57.9. The topological polar surface area (TPSA) is 111 Å². The fourth-order valence-electron chi connectivity index (χ4n) is 7.09. The molecule has 0 aliphatic rings. The molecule has 0 amide bonds. The molecular formula is C57H99NO8. The summed E-state index contributed by atoms with van der Waals surface area (Å²) in [5.74, 6) is -2.30. The molecule has 0 aromatic rings. The van der Waals surface area contributed by atoms with Gasteiger partial charge in [-0.05, 0) is 83.5 Å². The Kier molecular flexibility index (Phi) is 45.8. The number of hydrogen-bond acceptors (Lipinski definition) is 8. The first-order chi connectivity index (χ1) is 32.1. The van der Waals surface area contributed by atoms with Crippen LogP contribution in [-0.4, -0.2) is 82.3 Å². The first-order valence-electron chi connectivity index (χ1n) is 26.6. The molecule has 0 bridgehead atoms. The van der Waals surface area contributed by atoms with Crippen molar-refractivity contribution in [2.24, 2.45) is 0 Å². The van der Waals surface area contributed by atoms with Crippen LogP contribution in [0.2, 0.25) is 0 Å². The number of unbranched alkanes of at least 4 members (excludes halogenated alkanes) is 21. The van der Waals surface area contributed by atoms with Crippen molar-refractivity contribution in [3.05, 3.63) is 72.9 Å². The number of aliphatic carboxylic acids is 1. The fourth-order valence-corrected chi connectivity index (χ4v) is 7.09. The van der Waals surface area contributed by atoms with Gasteiger partial charge >= 0.3 is 11.9 Å². The summed E-state index contributed by atoms with van der Waals surface area (Å²) in [5.41, 5.74) is 0. The standard InChI is InChI=1S/C57H99NO8/c1-6-8-10-12-14-16-18-20-22-23-24-25-26-27-28-29-30-31-32-33-34-36-38-40-42-44-46-48-55(60)66-53(52-65-57(56(61)62)63-50-49-58(3,4)5)51-64-54(59)47-45-43-41-39-37-35-21-19-17-15-13-11-9-7-2/h8,10,14,16,19-22,24-25,27-28,53,57H,6-7,9,11-13,15,17-18,23,26,29-52H2,1-5H3/b10-8-,16-14-,21-19-,22-20-,25-24-,28-27-. The van der Waals surface area contributed by atoms with E-state index in [1.54, 1.807) is 0 Å². The van der Waals surface area contributed by atoms with Crippen LogP contribution in [0.15, 0.2) is 72.9 Å². The van der Waals surface area contributed by atoms with Crippen LogP contribution < -0.4 is 5.11 Å². The van der Waals surface area contributed by atoms with E-state index in [1.165, 1.54) is 83.5 Å². The Balaban J connectivity index is 4.27. The maximum atomic E-state index is 12.8. The van der Waals surface area contributed by atoms with E-state index in [0.29, 0.717) is 17.4 Å². The summed E-state index contributed by atoms with van der Waals surface area (Å²) in [7, 11) is 5.91. The summed E-state index contributed by atoms with van der Waals surface area (Å²) >= 11 is 0. The summed E-state index contributed by atoms with van der Waals surface area (Å²) < 4.78 is 22.6. The smallest absolute Gasteiger partial charge is 0.306 e. The van der Waals surface area contributed by atoms with E-state index < -0.39 is 24.3 Å². The van der Waals surface area contributed by atoms with Crippen LogP contribution in [0.1, 0.15) is 213 Å². The number of rotatable bonds is 48. The number of allylic oxidation sites excluding steroid dienone is 12. The molecule has 0 fully saturated rings. The highest BCUT2D eigenvalue weighted by Gasteiger charge is 2.22. The average molecular weight is 926 g/mol. The third-order valence-electron chi connectivity index (χ3n) is 11.2. The quantitative estimate of drug-likeness (QED) is 0.0195. The van der Waals surface area contributed by atoms with Crippen molar-refractivity contribution >= 4 is 17.9 Å². The van der Waals surface area contributed by atoms with Crippen molar-refractivity contribution in [1.82, 2.24) is 0 Å². The van der Waals surface area contributed by atoms with Crippen molar-refractivity contribution in [2.75, 3.05) is 47.5 Å². The van der Waals surface area contributed by atoms with Crippen LogP contribution in [0, 0.1) is 0 Å². The first kappa shape index (κ1) is 62.7. The molecule has 0 rings (SSSR count). The molecule has 9 nitrogen and oxygen atoms in total. The molecule has 0 aliphatic carbocycles. The molecule has 2 atom stereocenters. The third-order valence-corrected chi connectivity index (χ3v) is 11.2. The lowest BCUT2D eigenvalue weighted by molar-refractivity contribution is -0.870. The molecule has 0 saturated carbocycles. The SMILES string of the molecule is CC/C=C\C/C=C\C/C=C\C/C=C\C/C=C\CCCCCCCCCCCCCC(=O)OC(COC(=O)CCCCCCC/C=C\CCCCCCC)COC(OCC[N+](C)(C)C)C(=O)[O-]. The average Bonchev–Trinajstić information content (AvgIpc) is 3.28. The number of ether oxygens (including phenoxy) is 4. The minimum atomic E-state index is -1.63. The van der Waals surface area contributed by atoms with Crippen LogP contribution in [0.4, 0.5) is 0 Å². The Bertz CT molecular complexity index is 1310. The van der Waals surface area contributed by atoms with Gasteiger partial charge in [0.15, 0.2) is 12.4 Å². The van der Waals surface area contributed by atoms with E-state index in [1.807, 2.05) is 21.1 Å². The number of carbonyl (C=O) groups is 3. The second-order valence-electron chi connectivity index (χ2n) is 18.8. The van der Waals surface area contributed by atoms with Gasteiger partial charge in [0.05, 0.1) is 40.3 Å². The first-order valence-corrected chi connectivity index (χ1v) is 26.6. The normalized spacial score (nSPS) is 13.4. The Hall–Kier alpha value is -3.27. The largest absolute Gasteiger partial charge is 0.545 e. The van der Waals surface area contributed by atoms with Crippen molar-refractivity contribution in [2.45, 2.75) is 225 Å². The molecule has 66 heavy (non-hydrogen) atoms. The van der Waals surface area contributed by atoms with Crippen LogP contribution in [0.25, 0.3) is 0 Å². The summed E-state index contributed by atoms with van der Waals surface area (Å²) in [6, 6.07) is 0. The second-order valence-corrected chi connectivity index (χ2v) is 18.8.